The van der Waals surface area contributed by atoms with Crippen LogP contribution in [-0.4, -0.2) is 47.8 Å². The van der Waals surface area contributed by atoms with Gasteiger partial charge in [-0.3, -0.25) is 9.59 Å². The Bertz CT molecular complexity index is 534. The standard InChI is InChI=1S/C20H30N2O2/c1-4-21(13-10-17-8-6-5-7-9-17)20(24)18-11-14-22(15-12-18)19(23)16(2)3/h5-9,16,18H,4,10-15H2,1-3H3. The molecule has 1 aromatic rings. The average Bonchev–Trinajstić information content (AvgIpc) is 2.62. The maximum absolute atomic E-state index is 12.8. The summed E-state index contributed by atoms with van der Waals surface area (Å²) < 4.78 is 0. The van der Waals surface area contributed by atoms with Gasteiger partial charge in [0.15, 0.2) is 0 Å². The third-order valence-corrected chi connectivity index (χ3v) is 4.86. The zero-order chi connectivity index (χ0) is 17.5. The first-order valence-electron chi connectivity index (χ1n) is 9.14. The van der Waals surface area contributed by atoms with E-state index in [1.807, 2.05) is 48.8 Å². The zero-order valence-electron chi connectivity index (χ0n) is 15.2. The lowest BCUT2D eigenvalue weighted by Gasteiger charge is -2.34. The molecule has 1 saturated heterocycles. The number of amides is 2. The van der Waals surface area contributed by atoms with Crippen molar-refractivity contribution >= 4 is 11.8 Å². The van der Waals surface area contributed by atoms with Gasteiger partial charge in [0.25, 0.3) is 0 Å². The molecule has 132 valence electrons. The fraction of sp³-hybridized carbons (Fsp3) is 0.600. The number of likely N-dealkylation sites (N-methyl/N-ethyl adjacent to an activating group) is 1. The SMILES string of the molecule is CCN(CCc1ccccc1)C(=O)C1CCN(C(=O)C(C)C)CC1. The Labute approximate surface area is 145 Å². The monoisotopic (exact) mass is 330 g/mol. The van der Waals surface area contributed by atoms with Gasteiger partial charge in [-0.05, 0) is 31.7 Å². The van der Waals surface area contributed by atoms with E-state index in [0.717, 1.165) is 32.4 Å². The topological polar surface area (TPSA) is 40.6 Å². The van der Waals surface area contributed by atoms with Crippen LogP contribution < -0.4 is 0 Å². The molecule has 0 N–H and O–H groups in total. The second kappa shape index (κ2) is 8.86. The van der Waals surface area contributed by atoms with Gasteiger partial charge in [0.05, 0.1) is 0 Å². The lowest BCUT2D eigenvalue weighted by atomic mass is 9.94. The van der Waals surface area contributed by atoms with Crippen LogP contribution in [-0.2, 0) is 16.0 Å². The van der Waals surface area contributed by atoms with Gasteiger partial charge in [-0.2, -0.15) is 0 Å². The van der Waals surface area contributed by atoms with Crippen molar-refractivity contribution in [3.63, 3.8) is 0 Å². The Morgan fingerprint density at radius 1 is 1.17 bits per heavy atom. The molecule has 0 radical (unpaired) electrons. The molecule has 1 aromatic carbocycles. The highest BCUT2D eigenvalue weighted by Gasteiger charge is 2.30. The number of rotatable bonds is 6. The molecule has 0 unspecified atom stereocenters. The highest BCUT2D eigenvalue weighted by atomic mass is 16.2. The summed E-state index contributed by atoms with van der Waals surface area (Å²) in [4.78, 5) is 28.7. The van der Waals surface area contributed by atoms with Crippen molar-refractivity contribution in [3.8, 4) is 0 Å². The maximum Gasteiger partial charge on any atom is 0.225 e. The lowest BCUT2D eigenvalue weighted by Crippen LogP contribution is -2.45. The van der Waals surface area contributed by atoms with Crippen LogP contribution in [0.1, 0.15) is 39.2 Å². The summed E-state index contributed by atoms with van der Waals surface area (Å²) in [5.74, 6) is 0.564. The van der Waals surface area contributed by atoms with Crippen molar-refractivity contribution in [2.45, 2.75) is 40.0 Å². The molecule has 0 saturated carbocycles. The normalized spacial score (nSPS) is 15.6. The number of benzene rings is 1. The smallest absolute Gasteiger partial charge is 0.225 e. The predicted molar refractivity (Wildman–Crippen MR) is 96.5 cm³/mol. The molecule has 1 heterocycles. The lowest BCUT2D eigenvalue weighted by molar-refractivity contribution is -0.142. The molecule has 2 amide bonds. The maximum atomic E-state index is 12.8. The van der Waals surface area contributed by atoms with E-state index in [1.165, 1.54) is 5.56 Å². The zero-order valence-corrected chi connectivity index (χ0v) is 15.2. The van der Waals surface area contributed by atoms with Gasteiger partial charge in [-0.15, -0.1) is 0 Å². The molecule has 24 heavy (non-hydrogen) atoms. The number of likely N-dealkylation sites (tertiary alicyclic amines) is 1. The number of carbonyl (C=O) groups excluding carboxylic acids is 2. The van der Waals surface area contributed by atoms with E-state index in [2.05, 4.69) is 12.1 Å². The highest BCUT2D eigenvalue weighted by Crippen LogP contribution is 2.21. The third-order valence-electron chi connectivity index (χ3n) is 4.86. The summed E-state index contributed by atoms with van der Waals surface area (Å²) in [7, 11) is 0. The first kappa shape index (κ1) is 18.5. The van der Waals surface area contributed by atoms with Gasteiger partial charge in [0, 0.05) is 38.0 Å². The number of carbonyl (C=O) groups is 2. The molecular formula is C20H30N2O2. The van der Waals surface area contributed by atoms with Crippen molar-refractivity contribution in [2.75, 3.05) is 26.2 Å². The Morgan fingerprint density at radius 2 is 1.79 bits per heavy atom. The minimum Gasteiger partial charge on any atom is -0.342 e. The molecule has 4 nitrogen and oxygen atoms in total. The summed E-state index contributed by atoms with van der Waals surface area (Å²) in [6.45, 7) is 8.85. The minimum atomic E-state index is 0.0373. The van der Waals surface area contributed by atoms with Crippen LogP contribution >= 0.6 is 0 Å². The van der Waals surface area contributed by atoms with Gasteiger partial charge in [-0.1, -0.05) is 44.2 Å². The minimum absolute atomic E-state index is 0.0373. The molecule has 0 aromatic heterocycles. The fourth-order valence-corrected chi connectivity index (χ4v) is 3.30. The van der Waals surface area contributed by atoms with Crippen LogP contribution in [0.5, 0.6) is 0 Å². The first-order chi connectivity index (χ1) is 11.5. The number of nitrogens with zero attached hydrogens (tertiary/aromatic N) is 2. The molecule has 0 bridgehead atoms. The predicted octanol–water partition coefficient (Wildman–Crippen LogP) is 2.97. The molecule has 0 atom stereocenters. The van der Waals surface area contributed by atoms with Gasteiger partial charge < -0.3 is 9.80 Å². The van der Waals surface area contributed by atoms with Crippen LogP contribution in [0, 0.1) is 11.8 Å². The van der Waals surface area contributed by atoms with Crippen molar-refractivity contribution in [1.82, 2.24) is 9.80 Å². The molecule has 4 heteroatoms. The van der Waals surface area contributed by atoms with Crippen molar-refractivity contribution in [2.24, 2.45) is 11.8 Å². The average molecular weight is 330 g/mol. The Morgan fingerprint density at radius 3 is 2.33 bits per heavy atom. The summed E-state index contributed by atoms with van der Waals surface area (Å²) in [6.07, 6.45) is 2.48. The van der Waals surface area contributed by atoms with E-state index < -0.39 is 0 Å². The van der Waals surface area contributed by atoms with Crippen molar-refractivity contribution in [1.29, 1.82) is 0 Å². The largest absolute Gasteiger partial charge is 0.342 e. The summed E-state index contributed by atoms with van der Waals surface area (Å²) in [5, 5.41) is 0. The van der Waals surface area contributed by atoms with E-state index in [-0.39, 0.29) is 23.7 Å². The van der Waals surface area contributed by atoms with Gasteiger partial charge in [0.1, 0.15) is 0 Å². The Kier molecular flexibility index (Phi) is 6.83. The number of hydrogen-bond donors (Lipinski definition) is 0. The fourth-order valence-electron chi connectivity index (χ4n) is 3.30. The summed E-state index contributed by atoms with van der Waals surface area (Å²) in [5.41, 5.74) is 1.26. The van der Waals surface area contributed by atoms with Crippen molar-refractivity contribution in [3.05, 3.63) is 35.9 Å². The van der Waals surface area contributed by atoms with Gasteiger partial charge in [-0.25, -0.2) is 0 Å². The number of hydrogen-bond acceptors (Lipinski definition) is 2. The quantitative estimate of drug-likeness (QED) is 0.804. The second-order valence-corrected chi connectivity index (χ2v) is 6.91. The first-order valence-corrected chi connectivity index (χ1v) is 9.14. The van der Waals surface area contributed by atoms with Crippen LogP contribution in [0.4, 0.5) is 0 Å². The van der Waals surface area contributed by atoms with E-state index in [0.29, 0.717) is 13.1 Å². The van der Waals surface area contributed by atoms with Crippen LogP contribution in [0.25, 0.3) is 0 Å². The van der Waals surface area contributed by atoms with Crippen molar-refractivity contribution < 1.29 is 9.59 Å². The summed E-state index contributed by atoms with van der Waals surface area (Å²) in [6, 6.07) is 10.3. The van der Waals surface area contributed by atoms with Gasteiger partial charge >= 0.3 is 0 Å². The Balaban J connectivity index is 1.85. The second-order valence-electron chi connectivity index (χ2n) is 6.91. The third kappa shape index (κ3) is 4.83. The molecule has 1 aliphatic heterocycles. The molecule has 2 rings (SSSR count). The van der Waals surface area contributed by atoms with Gasteiger partial charge in [0.2, 0.25) is 11.8 Å². The Hall–Kier alpha value is -1.84. The summed E-state index contributed by atoms with van der Waals surface area (Å²) >= 11 is 0. The molecule has 0 spiro atoms. The van der Waals surface area contributed by atoms with E-state index in [1.54, 1.807) is 0 Å². The number of piperidine rings is 1. The van der Waals surface area contributed by atoms with E-state index >= 15 is 0 Å². The molecule has 1 fully saturated rings. The van der Waals surface area contributed by atoms with Crippen LogP contribution in [0.3, 0.4) is 0 Å². The van der Waals surface area contributed by atoms with E-state index in [4.69, 9.17) is 0 Å². The highest BCUT2D eigenvalue weighted by molar-refractivity contribution is 5.80. The molecule has 1 aliphatic rings. The van der Waals surface area contributed by atoms with Crippen LogP contribution in [0.15, 0.2) is 30.3 Å². The van der Waals surface area contributed by atoms with E-state index in [9.17, 15) is 9.59 Å². The van der Waals surface area contributed by atoms with Crippen LogP contribution in [0.2, 0.25) is 0 Å². The molecular weight excluding hydrogens is 300 g/mol. The molecule has 0 aliphatic carbocycles.